The molecule has 0 spiro atoms. The Morgan fingerprint density at radius 1 is 1.32 bits per heavy atom. The Kier molecular flexibility index (Phi) is 3.26. The van der Waals surface area contributed by atoms with Crippen LogP contribution in [0.15, 0.2) is 33.5 Å². The molecule has 0 aliphatic heterocycles. The lowest BCUT2D eigenvalue weighted by molar-refractivity contribution is -0.142. The Morgan fingerprint density at radius 3 is 2.53 bits per heavy atom. The van der Waals surface area contributed by atoms with Crippen LogP contribution in [0.5, 0.6) is 0 Å². The summed E-state index contributed by atoms with van der Waals surface area (Å²) in [6.07, 6.45) is 0. The van der Waals surface area contributed by atoms with Crippen LogP contribution in [-0.4, -0.2) is 15.6 Å². The van der Waals surface area contributed by atoms with Crippen molar-refractivity contribution in [2.75, 3.05) is 0 Å². The van der Waals surface area contributed by atoms with Crippen LogP contribution in [0.4, 0.5) is 0 Å². The first kappa shape index (κ1) is 13.8. The third-order valence-electron chi connectivity index (χ3n) is 3.39. The van der Waals surface area contributed by atoms with E-state index in [0.717, 1.165) is 15.4 Å². The summed E-state index contributed by atoms with van der Waals surface area (Å²) in [7, 11) is 1.65. The summed E-state index contributed by atoms with van der Waals surface area (Å²) in [5, 5.41) is 10.1. The van der Waals surface area contributed by atoms with Gasteiger partial charge in [-0.25, -0.2) is 0 Å². The Hall–Kier alpha value is -1.62. The minimum atomic E-state index is -1.22. The minimum absolute atomic E-state index is 0.276. The number of pyridine rings is 1. The lowest BCUT2D eigenvalue weighted by Crippen LogP contribution is -2.37. The van der Waals surface area contributed by atoms with Crippen molar-refractivity contribution in [1.29, 1.82) is 0 Å². The van der Waals surface area contributed by atoms with Gasteiger partial charge < -0.3 is 9.67 Å². The summed E-state index contributed by atoms with van der Waals surface area (Å²) < 4.78 is 2.37. The molecule has 1 N–H and O–H groups in total. The average molecular weight is 324 g/mol. The van der Waals surface area contributed by atoms with E-state index >= 15 is 0 Å². The monoisotopic (exact) mass is 323 g/mol. The summed E-state index contributed by atoms with van der Waals surface area (Å²) in [6, 6.07) is 7.22. The Morgan fingerprint density at radius 2 is 1.95 bits per heavy atom. The second-order valence-electron chi connectivity index (χ2n) is 5.06. The Labute approximate surface area is 118 Å². The van der Waals surface area contributed by atoms with E-state index in [4.69, 9.17) is 0 Å². The number of carboxylic acids is 1. The third-order valence-corrected chi connectivity index (χ3v) is 3.89. The fraction of sp³-hybridized carbons (Fsp3) is 0.286. The van der Waals surface area contributed by atoms with Gasteiger partial charge in [-0.05, 0) is 43.5 Å². The third kappa shape index (κ3) is 2.18. The number of aliphatic carboxylic acids is 1. The molecule has 1 heterocycles. The highest BCUT2D eigenvalue weighted by Crippen LogP contribution is 2.25. The van der Waals surface area contributed by atoms with Crippen molar-refractivity contribution in [1.82, 2.24) is 4.57 Å². The topological polar surface area (TPSA) is 59.3 Å². The van der Waals surface area contributed by atoms with E-state index in [0.29, 0.717) is 0 Å². The highest BCUT2D eigenvalue weighted by atomic mass is 79.9. The molecule has 4 nitrogen and oxygen atoms in total. The molecule has 1 aromatic carbocycles. The van der Waals surface area contributed by atoms with E-state index in [9.17, 15) is 14.7 Å². The van der Waals surface area contributed by atoms with Crippen LogP contribution in [0.25, 0.3) is 10.9 Å². The van der Waals surface area contributed by atoms with E-state index in [1.54, 1.807) is 13.1 Å². The molecule has 0 bridgehead atoms. The summed E-state index contributed by atoms with van der Waals surface area (Å²) in [6.45, 7) is 3.08. The summed E-state index contributed by atoms with van der Waals surface area (Å²) in [5.41, 5.74) is -0.431. The van der Waals surface area contributed by atoms with E-state index in [1.807, 2.05) is 18.2 Å². The maximum Gasteiger partial charge on any atom is 0.313 e. The number of fused-ring (bicyclic) bond motifs is 1. The van der Waals surface area contributed by atoms with Gasteiger partial charge in [0.05, 0.1) is 10.9 Å². The van der Waals surface area contributed by atoms with E-state index in [2.05, 4.69) is 15.9 Å². The van der Waals surface area contributed by atoms with Gasteiger partial charge in [0.25, 0.3) is 5.56 Å². The SMILES string of the molecule is Cn1c(=O)c(C(C)(C)C(=O)O)cc2cc(Br)ccc21. The molecule has 0 amide bonds. The van der Waals surface area contributed by atoms with Crippen molar-refractivity contribution in [3.8, 4) is 0 Å². The molecular weight excluding hydrogens is 310 g/mol. The lowest BCUT2D eigenvalue weighted by atomic mass is 9.85. The van der Waals surface area contributed by atoms with Crippen molar-refractivity contribution in [2.45, 2.75) is 19.3 Å². The van der Waals surface area contributed by atoms with Crippen molar-refractivity contribution < 1.29 is 9.90 Å². The summed E-state index contributed by atoms with van der Waals surface area (Å²) in [4.78, 5) is 23.6. The van der Waals surface area contributed by atoms with Crippen LogP contribution < -0.4 is 5.56 Å². The number of rotatable bonds is 2. The maximum absolute atomic E-state index is 12.3. The summed E-state index contributed by atoms with van der Waals surface area (Å²) in [5.74, 6) is -1.01. The molecule has 0 saturated heterocycles. The van der Waals surface area contributed by atoms with Crippen molar-refractivity contribution in [2.24, 2.45) is 7.05 Å². The van der Waals surface area contributed by atoms with Crippen LogP contribution in [0.3, 0.4) is 0 Å². The predicted molar refractivity (Wildman–Crippen MR) is 77.6 cm³/mol. The zero-order chi connectivity index (χ0) is 14.4. The fourth-order valence-corrected chi connectivity index (χ4v) is 2.40. The first-order valence-corrected chi connectivity index (χ1v) is 6.57. The van der Waals surface area contributed by atoms with Crippen LogP contribution >= 0.6 is 15.9 Å². The maximum atomic E-state index is 12.3. The number of hydrogen-bond donors (Lipinski definition) is 1. The van der Waals surface area contributed by atoms with Gasteiger partial charge in [0.15, 0.2) is 0 Å². The Balaban J connectivity index is 2.88. The molecule has 5 heteroatoms. The molecule has 0 atom stereocenters. The molecule has 2 aromatic rings. The fourth-order valence-electron chi connectivity index (χ4n) is 2.02. The van der Waals surface area contributed by atoms with Gasteiger partial charge in [-0.15, -0.1) is 0 Å². The molecule has 0 aliphatic rings. The van der Waals surface area contributed by atoms with Crippen LogP contribution in [0.2, 0.25) is 0 Å². The smallest absolute Gasteiger partial charge is 0.313 e. The van der Waals surface area contributed by atoms with E-state index < -0.39 is 11.4 Å². The quantitative estimate of drug-likeness (QED) is 0.924. The average Bonchev–Trinajstić information content (AvgIpc) is 2.33. The zero-order valence-electron chi connectivity index (χ0n) is 10.9. The molecule has 0 fully saturated rings. The second kappa shape index (κ2) is 4.49. The minimum Gasteiger partial charge on any atom is -0.481 e. The van der Waals surface area contributed by atoms with Crippen LogP contribution in [-0.2, 0) is 17.3 Å². The van der Waals surface area contributed by atoms with Crippen molar-refractivity contribution in [3.63, 3.8) is 0 Å². The Bertz CT molecular complexity index is 731. The van der Waals surface area contributed by atoms with Gasteiger partial charge in [-0.1, -0.05) is 15.9 Å². The molecule has 0 unspecified atom stereocenters. The van der Waals surface area contributed by atoms with E-state index in [1.165, 1.54) is 18.4 Å². The van der Waals surface area contributed by atoms with Crippen molar-refractivity contribution in [3.05, 3.63) is 44.7 Å². The first-order valence-electron chi connectivity index (χ1n) is 5.78. The number of aromatic nitrogens is 1. The van der Waals surface area contributed by atoms with Gasteiger partial charge in [-0.2, -0.15) is 0 Å². The molecule has 2 rings (SSSR count). The molecule has 0 saturated carbocycles. The highest BCUT2D eigenvalue weighted by molar-refractivity contribution is 9.10. The van der Waals surface area contributed by atoms with Gasteiger partial charge in [0, 0.05) is 17.1 Å². The molecule has 100 valence electrons. The number of carboxylic acid groups (broad SMARTS) is 1. The lowest BCUT2D eigenvalue weighted by Gasteiger charge is -2.20. The number of benzene rings is 1. The number of halogens is 1. The van der Waals surface area contributed by atoms with Crippen LogP contribution in [0, 0.1) is 0 Å². The molecular formula is C14H14BrNO3. The second-order valence-corrected chi connectivity index (χ2v) is 5.97. The molecule has 0 aliphatic carbocycles. The first-order chi connectivity index (χ1) is 8.75. The highest BCUT2D eigenvalue weighted by Gasteiger charge is 2.32. The number of aryl methyl sites for hydroxylation is 1. The number of hydrogen-bond acceptors (Lipinski definition) is 2. The van der Waals surface area contributed by atoms with Crippen LogP contribution in [0.1, 0.15) is 19.4 Å². The molecule has 19 heavy (non-hydrogen) atoms. The zero-order valence-corrected chi connectivity index (χ0v) is 12.5. The number of nitrogens with zero attached hydrogens (tertiary/aromatic N) is 1. The largest absolute Gasteiger partial charge is 0.481 e. The normalized spacial score (nSPS) is 11.8. The van der Waals surface area contributed by atoms with Gasteiger partial charge in [-0.3, -0.25) is 9.59 Å². The van der Waals surface area contributed by atoms with Gasteiger partial charge in [0.2, 0.25) is 0 Å². The van der Waals surface area contributed by atoms with Crippen molar-refractivity contribution >= 4 is 32.8 Å². The van der Waals surface area contributed by atoms with Gasteiger partial charge in [0.1, 0.15) is 0 Å². The molecule has 0 radical (unpaired) electrons. The number of carbonyl (C=O) groups is 1. The molecule has 1 aromatic heterocycles. The predicted octanol–water partition coefficient (Wildman–Crippen LogP) is 2.66. The van der Waals surface area contributed by atoms with E-state index in [-0.39, 0.29) is 11.1 Å². The summed E-state index contributed by atoms with van der Waals surface area (Å²) >= 11 is 3.38. The van der Waals surface area contributed by atoms with Gasteiger partial charge >= 0.3 is 5.97 Å². The standard InChI is InChI=1S/C14H14BrNO3/c1-14(2,13(18)19)10-7-8-6-9(15)4-5-11(8)16(3)12(10)17/h4-7H,1-3H3,(H,18,19).